The number of nitrogens with zero attached hydrogens (tertiary/aromatic N) is 3. The molecular weight excluding hydrogens is 268 g/mol. The van der Waals surface area contributed by atoms with Crippen molar-refractivity contribution in [3.8, 4) is 0 Å². The summed E-state index contributed by atoms with van der Waals surface area (Å²) in [5, 5.41) is 11.7. The van der Waals surface area contributed by atoms with Gasteiger partial charge in [0.25, 0.3) is 5.91 Å². The first-order valence-corrected chi connectivity index (χ1v) is 7.01. The number of amidine groups is 1. The Bertz CT molecular complexity index is 500. The Hall–Kier alpha value is -2.08. The maximum Gasteiger partial charge on any atom is 0.253 e. The molecule has 1 amide bonds. The largest absolute Gasteiger partial charge is 0.409 e. The highest BCUT2D eigenvalue weighted by molar-refractivity contribution is 6.01. The molecule has 0 aliphatic carbocycles. The quantitative estimate of drug-likeness (QED) is 0.342. The lowest BCUT2D eigenvalue weighted by molar-refractivity contribution is 0.0745. The molecule has 0 aliphatic heterocycles. The minimum Gasteiger partial charge on any atom is -0.409 e. The molecule has 6 heteroatoms. The minimum atomic E-state index is -0.0358. The van der Waals surface area contributed by atoms with E-state index in [1.807, 2.05) is 30.8 Å². The Morgan fingerprint density at radius 1 is 1.24 bits per heavy atom. The molecule has 0 aromatic heterocycles. The van der Waals surface area contributed by atoms with E-state index < -0.39 is 0 Å². The molecule has 1 aromatic rings. The summed E-state index contributed by atoms with van der Waals surface area (Å²) in [5.74, 6) is -0.0359. The lowest BCUT2D eigenvalue weighted by Gasteiger charge is -2.24. The maximum atomic E-state index is 12.6. The molecule has 0 atom stereocenters. The van der Waals surface area contributed by atoms with Gasteiger partial charge in [-0.1, -0.05) is 24.2 Å². The van der Waals surface area contributed by atoms with Crippen molar-refractivity contribution in [3.63, 3.8) is 0 Å². The van der Waals surface area contributed by atoms with E-state index in [1.54, 1.807) is 24.3 Å². The van der Waals surface area contributed by atoms with Gasteiger partial charge in [0.1, 0.15) is 0 Å². The van der Waals surface area contributed by atoms with Gasteiger partial charge in [-0.05, 0) is 32.6 Å². The molecule has 0 radical (unpaired) electrons. The number of carbonyl (C=O) groups is 1. The Labute approximate surface area is 125 Å². The first-order chi connectivity index (χ1) is 9.99. The average Bonchev–Trinajstić information content (AvgIpc) is 2.49. The third-order valence-electron chi connectivity index (χ3n) is 3.11. The van der Waals surface area contributed by atoms with E-state index in [2.05, 4.69) is 5.16 Å². The normalized spacial score (nSPS) is 11.7. The van der Waals surface area contributed by atoms with Crippen LogP contribution in [0.15, 0.2) is 29.4 Å². The molecule has 0 saturated carbocycles. The molecule has 6 nitrogen and oxygen atoms in total. The molecule has 0 bridgehead atoms. The smallest absolute Gasteiger partial charge is 0.253 e. The van der Waals surface area contributed by atoms with E-state index in [9.17, 15) is 4.79 Å². The van der Waals surface area contributed by atoms with Gasteiger partial charge >= 0.3 is 0 Å². The van der Waals surface area contributed by atoms with E-state index in [0.717, 1.165) is 13.0 Å². The van der Waals surface area contributed by atoms with Gasteiger partial charge in [-0.25, -0.2) is 0 Å². The molecule has 1 rings (SSSR count). The number of hydrogen-bond donors (Lipinski definition) is 2. The van der Waals surface area contributed by atoms with Gasteiger partial charge in [-0.3, -0.25) is 4.79 Å². The van der Waals surface area contributed by atoms with Crippen LogP contribution in [0.3, 0.4) is 0 Å². The highest BCUT2D eigenvalue weighted by Gasteiger charge is 2.16. The van der Waals surface area contributed by atoms with Crippen LogP contribution in [-0.2, 0) is 0 Å². The number of nitrogens with two attached hydrogens (primary N) is 1. The van der Waals surface area contributed by atoms with Gasteiger partial charge in [-0.15, -0.1) is 0 Å². The summed E-state index contributed by atoms with van der Waals surface area (Å²) in [6.07, 6.45) is 0.902. The molecule has 21 heavy (non-hydrogen) atoms. The zero-order valence-electron chi connectivity index (χ0n) is 12.9. The van der Waals surface area contributed by atoms with Crippen LogP contribution in [-0.4, -0.2) is 60.5 Å². The number of oxime groups is 1. The van der Waals surface area contributed by atoms with Crippen molar-refractivity contribution < 1.29 is 10.0 Å². The van der Waals surface area contributed by atoms with Crippen molar-refractivity contribution in [1.29, 1.82) is 0 Å². The topological polar surface area (TPSA) is 82.2 Å². The fraction of sp³-hybridized carbons (Fsp3) is 0.467. The van der Waals surface area contributed by atoms with Gasteiger partial charge in [0.05, 0.1) is 0 Å². The van der Waals surface area contributed by atoms with Crippen molar-refractivity contribution in [1.82, 2.24) is 9.80 Å². The van der Waals surface area contributed by atoms with Gasteiger partial charge in [0.15, 0.2) is 5.84 Å². The van der Waals surface area contributed by atoms with Crippen molar-refractivity contribution >= 4 is 11.7 Å². The molecule has 1 aromatic carbocycles. The zero-order chi connectivity index (χ0) is 15.8. The molecule has 0 spiro atoms. The highest BCUT2D eigenvalue weighted by atomic mass is 16.4. The van der Waals surface area contributed by atoms with Gasteiger partial charge < -0.3 is 20.7 Å². The first-order valence-electron chi connectivity index (χ1n) is 7.01. The van der Waals surface area contributed by atoms with E-state index in [4.69, 9.17) is 10.9 Å². The van der Waals surface area contributed by atoms with E-state index >= 15 is 0 Å². The molecule has 0 aliphatic rings. The van der Waals surface area contributed by atoms with Crippen molar-refractivity contribution in [3.05, 3.63) is 35.4 Å². The third kappa shape index (κ3) is 5.07. The summed E-state index contributed by atoms with van der Waals surface area (Å²) in [7, 11) is 3.96. The van der Waals surface area contributed by atoms with Crippen LogP contribution in [0, 0.1) is 0 Å². The van der Waals surface area contributed by atoms with Crippen LogP contribution < -0.4 is 5.73 Å². The fourth-order valence-electron chi connectivity index (χ4n) is 1.96. The molecule has 0 fully saturated rings. The van der Waals surface area contributed by atoms with Gasteiger partial charge in [0.2, 0.25) is 0 Å². The Morgan fingerprint density at radius 3 is 2.48 bits per heavy atom. The summed E-state index contributed by atoms with van der Waals surface area (Å²) in [6, 6.07) is 6.83. The average molecular weight is 292 g/mol. The van der Waals surface area contributed by atoms with Crippen LogP contribution >= 0.6 is 0 Å². The summed E-state index contributed by atoms with van der Waals surface area (Å²) < 4.78 is 0. The summed E-state index contributed by atoms with van der Waals surface area (Å²) >= 11 is 0. The predicted molar refractivity (Wildman–Crippen MR) is 83.7 cm³/mol. The standard InChI is InChI=1S/C15H24N4O2/c1-4-8-19(10-9-18(2)3)15(20)13-7-5-6-12(11-13)14(16)17-21/h5-7,11,21H,4,8-10H2,1-3H3,(H2,16,17). The number of benzene rings is 1. The molecule has 0 saturated heterocycles. The third-order valence-corrected chi connectivity index (χ3v) is 3.11. The monoisotopic (exact) mass is 292 g/mol. The summed E-state index contributed by atoms with van der Waals surface area (Å²) in [5.41, 5.74) is 6.65. The Morgan fingerprint density at radius 2 is 1.90 bits per heavy atom. The summed E-state index contributed by atoms with van der Waals surface area (Å²) in [4.78, 5) is 16.4. The lowest BCUT2D eigenvalue weighted by atomic mass is 10.1. The van der Waals surface area contributed by atoms with Crippen molar-refractivity contribution in [2.45, 2.75) is 13.3 Å². The molecule has 116 valence electrons. The number of likely N-dealkylation sites (N-methyl/N-ethyl adjacent to an activating group) is 1. The number of carbonyl (C=O) groups excluding carboxylic acids is 1. The molecule has 0 unspecified atom stereocenters. The van der Waals surface area contributed by atoms with Crippen LogP contribution in [0.4, 0.5) is 0 Å². The van der Waals surface area contributed by atoms with Crippen LogP contribution in [0.2, 0.25) is 0 Å². The number of rotatable bonds is 7. The SMILES string of the molecule is CCCN(CCN(C)C)C(=O)c1cccc(C(N)=NO)c1. The van der Waals surface area contributed by atoms with Crippen molar-refractivity contribution in [2.75, 3.05) is 33.7 Å². The van der Waals surface area contributed by atoms with Gasteiger partial charge in [0, 0.05) is 30.8 Å². The summed E-state index contributed by atoms with van der Waals surface area (Å²) in [6.45, 7) is 4.24. The lowest BCUT2D eigenvalue weighted by Crippen LogP contribution is -2.37. The second kappa shape index (κ2) is 8.26. The second-order valence-corrected chi connectivity index (χ2v) is 5.16. The van der Waals surface area contributed by atoms with Gasteiger partial charge in [-0.2, -0.15) is 0 Å². The number of amides is 1. The predicted octanol–water partition coefficient (Wildman–Crippen LogP) is 1.19. The Balaban J connectivity index is 2.92. The van der Waals surface area contributed by atoms with Crippen LogP contribution in [0.1, 0.15) is 29.3 Å². The van der Waals surface area contributed by atoms with E-state index in [1.165, 1.54) is 0 Å². The number of hydrogen-bond acceptors (Lipinski definition) is 4. The maximum absolute atomic E-state index is 12.6. The second-order valence-electron chi connectivity index (χ2n) is 5.16. The van der Waals surface area contributed by atoms with Crippen LogP contribution in [0.5, 0.6) is 0 Å². The minimum absolute atomic E-state index is 0.0000157. The molecule has 3 N–H and O–H groups in total. The fourth-order valence-corrected chi connectivity index (χ4v) is 1.96. The van der Waals surface area contributed by atoms with Crippen LogP contribution in [0.25, 0.3) is 0 Å². The Kier molecular flexibility index (Phi) is 6.68. The van der Waals surface area contributed by atoms with Crippen molar-refractivity contribution in [2.24, 2.45) is 10.9 Å². The van der Waals surface area contributed by atoms with E-state index in [0.29, 0.717) is 24.2 Å². The van der Waals surface area contributed by atoms with E-state index in [-0.39, 0.29) is 11.7 Å². The zero-order valence-corrected chi connectivity index (χ0v) is 12.9. The molecule has 0 heterocycles. The highest BCUT2D eigenvalue weighted by Crippen LogP contribution is 2.09. The first kappa shape index (κ1) is 17.0. The molecular formula is C15H24N4O2.